The molecule has 96 valence electrons. The maximum Gasteiger partial charge on any atom is 0.270 e. The van der Waals surface area contributed by atoms with Crippen LogP contribution in [0.1, 0.15) is 66.7 Å². The third-order valence-electron chi connectivity index (χ3n) is 5.10. The molecule has 0 saturated heterocycles. The molecule has 1 amide bonds. The van der Waals surface area contributed by atoms with Crippen molar-refractivity contribution in [1.82, 2.24) is 9.47 Å². The zero-order valence-corrected chi connectivity index (χ0v) is 11.1. The quantitative estimate of drug-likeness (QED) is 0.745. The molecule has 1 saturated carbocycles. The number of carbonyl (C=O) groups excluding carboxylic acids is 1. The first-order chi connectivity index (χ1) is 8.66. The van der Waals surface area contributed by atoms with Crippen LogP contribution in [0.3, 0.4) is 0 Å². The van der Waals surface area contributed by atoms with Gasteiger partial charge in [-0.05, 0) is 50.7 Å². The molecule has 0 aromatic carbocycles. The number of aromatic nitrogens is 1. The summed E-state index contributed by atoms with van der Waals surface area (Å²) in [5, 5.41) is 0. The molecule has 2 bridgehead atoms. The van der Waals surface area contributed by atoms with E-state index in [1.165, 1.54) is 30.5 Å². The largest absolute Gasteiger partial charge is 0.338 e. The van der Waals surface area contributed by atoms with Gasteiger partial charge in [-0.2, -0.15) is 0 Å². The van der Waals surface area contributed by atoms with E-state index < -0.39 is 0 Å². The summed E-state index contributed by atoms with van der Waals surface area (Å²) in [5.74, 6) is 1.74. The maximum absolute atomic E-state index is 12.5. The van der Waals surface area contributed by atoms with Gasteiger partial charge in [-0.15, -0.1) is 0 Å². The Morgan fingerprint density at radius 3 is 2.78 bits per heavy atom. The SMILES string of the molecule is CC(C)N1CCn2c(cc3c2C2CCC3C2)C1=O. The summed E-state index contributed by atoms with van der Waals surface area (Å²) >= 11 is 0. The van der Waals surface area contributed by atoms with Gasteiger partial charge < -0.3 is 9.47 Å². The number of nitrogens with zero attached hydrogens (tertiary/aromatic N) is 2. The Balaban J connectivity index is 1.81. The van der Waals surface area contributed by atoms with Crippen LogP contribution in [-0.2, 0) is 6.54 Å². The van der Waals surface area contributed by atoms with E-state index in [9.17, 15) is 4.79 Å². The van der Waals surface area contributed by atoms with Crippen molar-refractivity contribution in [2.45, 2.75) is 57.5 Å². The Morgan fingerprint density at radius 1 is 1.22 bits per heavy atom. The van der Waals surface area contributed by atoms with Gasteiger partial charge in [0.2, 0.25) is 0 Å². The number of amides is 1. The van der Waals surface area contributed by atoms with Crippen LogP contribution in [0.4, 0.5) is 0 Å². The van der Waals surface area contributed by atoms with Crippen molar-refractivity contribution in [3.05, 3.63) is 23.0 Å². The zero-order valence-electron chi connectivity index (χ0n) is 11.1. The van der Waals surface area contributed by atoms with Crippen LogP contribution in [0.15, 0.2) is 6.07 Å². The Labute approximate surface area is 108 Å². The third-order valence-corrected chi connectivity index (χ3v) is 5.10. The number of rotatable bonds is 1. The molecule has 3 aliphatic rings. The lowest BCUT2D eigenvalue weighted by atomic mass is 9.98. The topological polar surface area (TPSA) is 25.2 Å². The molecule has 1 fully saturated rings. The fourth-order valence-corrected chi connectivity index (χ4v) is 4.25. The van der Waals surface area contributed by atoms with Gasteiger partial charge >= 0.3 is 0 Å². The molecule has 2 unspecified atom stereocenters. The van der Waals surface area contributed by atoms with Gasteiger partial charge in [0.05, 0.1) is 0 Å². The highest BCUT2D eigenvalue weighted by Gasteiger charge is 2.42. The predicted molar refractivity (Wildman–Crippen MR) is 69.9 cm³/mol. The minimum absolute atomic E-state index is 0.241. The normalized spacial score (nSPS) is 29.1. The van der Waals surface area contributed by atoms with Crippen molar-refractivity contribution in [2.75, 3.05) is 6.54 Å². The highest BCUT2D eigenvalue weighted by Crippen LogP contribution is 2.54. The number of hydrogen-bond donors (Lipinski definition) is 0. The molecule has 2 aliphatic carbocycles. The maximum atomic E-state index is 12.5. The molecule has 0 N–H and O–H groups in total. The summed E-state index contributed by atoms with van der Waals surface area (Å²) in [6.07, 6.45) is 4.01. The number of carbonyl (C=O) groups is 1. The van der Waals surface area contributed by atoms with E-state index in [1.807, 2.05) is 4.90 Å². The van der Waals surface area contributed by atoms with Gasteiger partial charge in [0.1, 0.15) is 5.69 Å². The zero-order chi connectivity index (χ0) is 12.4. The molecule has 0 radical (unpaired) electrons. The second kappa shape index (κ2) is 3.40. The van der Waals surface area contributed by atoms with Crippen molar-refractivity contribution >= 4 is 5.91 Å². The second-order valence-corrected chi connectivity index (χ2v) is 6.32. The second-order valence-electron chi connectivity index (χ2n) is 6.32. The molecule has 1 aromatic rings. The van der Waals surface area contributed by atoms with Gasteiger partial charge in [-0.1, -0.05) is 0 Å². The molecule has 2 atom stereocenters. The van der Waals surface area contributed by atoms with Crippen molar-refractivity contribution < 1.29 is 4.79 Å². The highest BCUT2D eigenvalue weighted by atomic mass is 16.2. The first kappa shape index (κ1) is 10.7. The Morgan fingerprint density at radius 2 is 2.00 bits per heavy atom. The van der Waals surface area contributed by atoms with Crippen molar-refractivity contribution in [2.24, 2.45) is 0 Å². The molecule has 3 heteroatoms. The third kappa shape index (κ3) is 1.17. The summed E-state index contributed by atoms with van der Waals surface area (Å²) in [7, 11) is 0. The van der Waals surface area contributed by atoms with Crippen molar-refractivity contribution in [3.8, 4) is 0 Å². The Bertz CT molecular complexity index is 529. The summed E-state index contributed by atoms with van der Waals surface area (Å²) < 4.78 is 2.33. The average Bonchev–Trinajstić information content (AvgIpc) is 2.99. The number of fused-ring (bicyclic) bond motifs is 7. The fourth-order valence-electron chi connectivity index (χ4n) is 4.25. The van der Waals surface area contributed by atoms with E-state index in [0.717, 1.165) is 30.6 Å². The molecule has 1 aliphatic heterocycles. The van der Waals surface area contributed by atoms with E-state index in [4.69, 9.17) is 0 Å². The van der Waals surface area contributed by atoms with Crippen LogP contribution in [0.25, 0.3) is 0 Å². The van der Waals surface area contributed by atoms with E-state index in [-0.39, 0.29) is 5.91 Å². The average molecular weight is 244 g/mol. The molecule has 1 aromatic heterocycles. The van der Waals surface area contributed by atoms with Crippen LogP contribution in [0.5, 0.6) is 0 Å². The van der Waals surface area contributed by atoms with Gasteiger partial charge in [0, 0.05) is 30.7 Å². The van der Waals surface area contributed by atoms with E-state index in [0.29, 0.717) is 6.04 Å². The summed E-state index contributed by atoms with van der Waals surface area (Å²) in [5.41, 5.74) is 3.97. The molecule has 4 rings (SSSR count). The lowest BCUT2D eigenvalue weighted by molar-refractivity contribution is 0.0647. The van der Waals surface area contributed by atoms with E-state index >= 15 is 0 Å². The molecule has 0 spiro atoms. The van der Waals surface area contributed by atoms with Crippen LogP contribution in [0.2, 0.25) is 0 Å². The monoisotopic (exact) mass is 244 g/mol. The predicted octanol–water partition coefficient (Wildman–Crippen LogP) is 2.72. The van der Waals surface area contributed by atoms with Gasteiger partial charge in [-0.25, -0.2) is 0 Å². The standard InChI is InChI=1S/C15H20N2O/c1-9(2)16-5-6-17-13(15(16)18)8-12-10-3-4-11(7-10)14(12)17/h8-11H,3-7H2,1-2H3. The minimum atomic E-state index is 0.241. The van der Waals surface area contributed by atoms with Crippen molar-refractivity contribution in [3.63, 3.8) is 0 Å². The van der Waals surface area contributed by atoms with Gasteiger partial charge in [0.25, 0.3) is 5.91 Å². The van der Waals surface area contributed by atoms with Crippen LogP contribution < -0.4 is 0 Å². The first-order valence-electron chi connectivity index (χ1n) is 7.21. The Kier molecular flexibility index (Phi) is 2.01. The van der Waals surface area contributed by atoms with Crippen LogP contribution in [0, 0.1) is 0 Å². The smallest absolute Gasteiger partial charge is 0.270 e. The lowest BCUT2D eigenvalue weighted by Gasteiger charge is -2.32. The first-order valence-corrected chi connectivity index (χ1v) is 7.21. The molecule has 18 heavy (non-hydrogen) atoms. The van der Waals surface area contributed by atoms with Gasteiger partial charge in [0.15, 0.2) is 0 Å². The van der Waals surface area contributed by atoms with Crippen LogP contribution >= 0.6 is 0 Å². The fraction of sp³-hybridized carbons (Fsp3) is 0.667. The summed E-state index contributed by atoms with van der Waals surface area (Å²) in [6, 6.07) is 2.52. The molecular weight excluding hydrogens is 224 g/mol. The van der Waals surface area contributed by atoms with Crippen LogP contribution in [-0.4, -0.2) is 28.0 Å². The van der Waals surface area contributed by atoms with Gasteiger partial charge in [-0.3, -0.25) is 4.79 Å². The summed E-state index contributed by atoms with van der Waals surface area (Å²) in [6.45, 7) is 6.08. The Hall–Kier alpha value is -1.25. The van der Waals surface area contributed by atoms with Crippen molar-refractivity contribution in [1.29, 1.82) is 0 Å². The molecular formula is C15H20N2O. The summed E-state index contributed by atoms with van der Waals surface area (Å²) in [4.78, 5) is 14.5. The minimum Gasteiger partial charge on any atom is -0.338 e. The van der Waals surface area contributed by atoms with E-state index in [1.54, 1.807) is 0 Å². The molecule has 2 heterocycles. The lowest BCUT2D eigenvalue weighted by Crippen LogP contribution is -2.44. The number of hydrogen-bond acceptors (Lipinski definition) is 1. The van der Waals surface area contributed by atoms with E-state index in [2.05, 4.69) is 24.5 Å². The molecule has 3 nitrogen and oxygen atoms in total. The highest BCUT2D eigenvalue weighted by molar-refractivity contribution is 5.94.